The maximum atomic E-state index is 11.9. The van der Waals surface area contributed by atoms with Crippen LogP contribution in [0.15, 0.2) is 72.9 Å². The van der Waals surface area contributed by atoms with E-state index < -0.39 is 10.0 Å². The molecule has 1 aliphatic heterocycles. The fourth-order valence-corrected chi connectivity index (χ4v) is 5.40. The molecule has 35 heavy (non-hydrogen) atoms. The van der Waals surface area contributed by atoms with Crippen molar-refractivity contribution in [1.82, 2.24) is 18.6 Å². The lowest BCUT2D eigenvalue weighted by atomic mass is 10.0. The Morgan fingerprint density at radius 3 is 2.14 bits per heavy atom. The summed E-state index contributed by atoms with van der Waals surface area (Å²) in [5, 5.41) is 0. The van der Waals surface area contributed by atoms with E-state index in [9.17, 15) is 13.2 Å². The zero-order valence-electron chi connectivity index (χ0n) is 19.9. The van der Waals surface area contributed by atoms with Crippen molar-refractivity contribution in [2.45, 2.75) is 13.5 Å². The predicted octanol–water partition coefficient (Wildman–Crippen LogP) is 3.95. The van der Waals surface area contributed by atoms with E-state index in [2.05, 4.69) is 33.7 Å². The molecular weight excluding hydrogens is 460 g/mol. The Kier molecular flexibility index (Phi) is 6.27. The number of imidazole rings is 1. The fourth-order valence-electron chi connectivity index (χ4n) is 4.57. The molecule has 1 saturated heterocycles. The molecule has 4 aromatic rings. The molecule has 0 saturated carbocycles. The maximum absolute atomic E-state index is 11.9. The van der Waals surface area contributed by atoms with Crippen LogP contribution in [0.3, 0.4) is 0 Å². The van der Waals surface area contributed by atoms with E-state index >= 15 is 0 Å². The van der Waals surface area contributed by atoms with Crippen molar-refractivity contribution in [3.05, 3.63) is 84.2 Å². The smallest absolute Gasteiger partial charge is 0.211 e. The number of rotatable bonds is 6. The summed E-state index contributed by atoms with van der Waals surface area (Å²) in [7, 11) is -3.17. The first kappa shape index (κ1) is 23.4. The van der Waals surface area contributed by atoms with E-state index in [-0.39, 0.29) is 5.78 Å². The number of pyridine rings is 1. The molecule has 0 aliphatic carbocycles. The Hall–Kier alpha value is -3.33. The van der Waals surface area contributed by atoms with Crippen LogP contribution in [0, 0.1) is 0 Å². The second-order valence-electron chi connectivity index (χ2n) is 8.99. The molecule has 0 atom stereocenters. The monoisotopic (exact) mass is 488 g/mol. The van der Waals surface area contributed by atoms with Gasteiger partial charge in [-0.1, -0.05) is 54.6 Å². The number of nitrogens with zero attached hydrogens (tertiary/aromatic N) is 4. The van der Waals surface area contributed by atoms with Crippen molar-refractivity contribution in [3.8, 4) is 22.4 Å². The average Bonchev–Trinajstić information content (AvgIpc) is 3.22. The first-order chi connectivity index (χ1) is 16.8. The van der Waals surface area contributed by atoms with Crippen molar-refractivity contribution in [2.24, 2.45) is 0 Å². The van der Waals surface area contributed by atoms with Crippen molar-refractivity contribution in [1.29, 1.82) is 0 Å². The number of benzene rings is 2. The predicted molar refractivity (Wildman–Crippen MR) is 138 cm³/mol. The van der Waals surface area contributed by atoms with Crippen molar-refractivity contribution >= 4 is 21.5 Å². The second kappa shape index (κ2) is 9.37. The van der Waals surface area contributed by atoms with Crippen LogP contribution in [-0.4, -0.2) is 65.2 Å². The van der Waals surface area contributed by atoms with Gasteiger partial charge in [-0.2, -0.15) is 4.31 Å². The summed E-state index contributed by atoms with van der Waals surface area (Å²) < 4.78 is 27.5. The summed E-state index contributed by atoms with van der Waals surface area (Å²) in [6, 6.07) is 21.9. The summed E-state index contributed by atoms with van der Waals surface area (Å²) in [5.41, 5.74) is 6.66. The summed E-state index contributed by atoms with van der Waals surface area (Å²) in [4.78, 5) is 18.9. The lowest BCUT2D eigenvalue weighted by Crippen LogP contribution is -2.47. The summed E-state index contributed by atoms with van der Waals surface area (Å²) in [5.74, 6) is 0.0485. The standard InChI is InChI=1S/C27H28N4O3S/c1-20(32)21-8-10-22(11-9-21)24-12-13-26-28-27(23-6-4-3-5-7-23)25(31(26)18-24)19-29-14-16-30(17-15-29)35(2,33)34/h3-13,18H,14-17,19H2,1-2H3. The van der Waals surface area contributed by atoms with Gasteiger partial charge in [0.1, 0.15) is 5.65 Å². The van der Waals surface area contributed by atoms with E-state index in [0.29, 0.717) is 38.3 Å². The molecule has 0 radical (unpaired) electrons. The minimum Gasteiger partial charge on any atom is -0.301 e. The number of Topliss-reactive ketones (excluding diaryl/α,β-unsaturated/α-hetero) is 1. The quantitative estimate of drug-likeness (QED) is 0.384. The molecule has 7 nitrogen and oxygen atoms in total. The molecule has 2 aromatic carbocycles. The van der Waals surface area contributed by atoms with E-state index in [4.69, 9.17) is 4.98 Å². The van der Waals surface area contributed by atoms with Gasteiger partial charge in [-0.05, 0) is 30.2 Å². The molecule has 3 heterocycles. The van der Waals surface area contributed by atoms with Gasteiger partial charge in [0, 0.05) is 50.0 Å². The van der Waals surface area contributed by atoms with E-state index in [1.54, 1.807) is 11.2 Å². The Bertz CT molecular complexity index is 1470. The van der Waals surface area contributed by atoms with E-state index in [1.165, 1.54) is 6.26 Å². The number of ketones is 1. The Labute approximate surface area is 205 Å². The van der Waals surface area contributed by atoms with Crippen molar-refractivity contribution in [3.63, 3.8) is 0 Å². The van der Waals surface area contributed by atoms with Crippen LogP contribution in [0.25, 0.3) is 28.0 Å². The third-order valence-corrected chi connectivity index (χ3v) is 7.87. The molecule has 0 bridgehead atoms. The van der Waals surface area contributed by atoms with Gasteiger partial charge < -0.3 is 4.40 Å². The van der Waals surface area contributed by atoms with Gasteiger partial charge in [0.2, 0.25) is 10.0 Å². The van der Waals surface area contributed by atoms with E-state index in [0.717, 1.165) is 33.7 Å². The molecule has 1 aliphatic rings. The zero-order valence-corrected chi connectivity index (χ0v) is 20.7. The number of aromatic nitrogens is 2. The SMILES string of the molecule is CC(=O)c1ccc(-c2ccc3nc(-c4ccccc4)c(CN4CCN(S(C)(=O)=O)CC4)n3c2)cc1. The molecule has 0 unspecified atom stereocenters. The van der Waals surface area contributed by atoms with Crippen molar-refractivity contribution in [2.75, 3.05) is 32.4 Å². The first-order valence-corrected chi connectivity index (χ1v) is 13.5. The van der Waals surface area contributed by atoms with Gasteiger partial charge in [0.15, 0.2) is 5.78 Å². The molecule has 0 amide bonds. The fraction of sp³-hybridized carbons (Fsp3) is 0.259. The average molecular weight is 489 g/mol. The number of fused-ring (bicyclic) bond motifs is 1. The number of hydrogen-bond donors (Lipinski definition) is 0. The molecule has 2 aromatic heterocycles. The number of piperazine rings is 1. The van der Waals surface area contributed by atoms with Crippen LogP contribution in [0.5, 0.6) is 0 Å². The highest BCUT2D eigenvalue weighted by molar-refractivity contribution is 7.88. The van der Waals surface area contributed by atoms with E-state index in [1.807, 2.05) is 48.5 Å². The summed E-state index contributed by atoms with van der Waals surface area (Å²) in [6.45, 7) is 4.55. The lowest BCUT2D eigenvalue weighted by molar-refractivity contribution is 0.101. The number of sulfonamides is 1. The second-order valence-corrected chi connectivity index (χ2v) is 11.0. The van der Waals surface area contributed by atoms with Crippen LogP contribution in [0.4, 0.5) is 0 Å². The molecular formula is C27H28N4O3S. The largest absolute Gasteiger partial charge is 0.301 e. The van der Waals surface area contributed by atoms with Gasteiger partial charge in [-0.15, -0.1) is 0 Å². The maximum Gasteiger partial charge on any atom is 0.211 e. The molecule has 0 spiro atoms. The first-order valence-electron chi connectivity index (χ1n) is 11.6. The minimum atomic E-state index is -3.17. The molecule has 8 heteroatoms. The topological polar surface area (TPSA) is 75.0 Å². The third kappa shape index (κ3) is 4.91. The van der Waals surface area contributed by atoms with Crippen molar-refractivity contribution < 1.29 is 13.2 Å². The normalized spacial score (nSPS) is 15.5. The zero-order chi connectivity index (χ0) is 24.6. The Morgan fingerprint density at radius 2 is 1.51 bits per heavy atom. The van der Waals surface area contributed by atoms with Crippen LogP contribution in [0.1, 0.15) is 23.0 Å². The van der Waals surface area contributed by atoms with Crippen LogP contribution < -0.4 is 0 Å². The summed E-state index contributed by atoms with van der Waals surface area (Å²) >= 11 is 0. The highest BCUT2D eigenvalue weighted by Gasteiger charge is 2.25. The molecule has 0 N–H and O–H groups in total. The molecule has 180 valence electrons. The number of carbonyl (C=O) groups excluding carboxylic acids is 1. The lowest BCUT2D eigenvalue weighted by Gasteiger charge is -2.33. The molecule has 5 rings (SSSR count). The van der Waals surface area contributed by atoms with Gasteiger partial charge in [0.25, 0.3) is 0 Å². The number of carbonyl (C=O) groups is 1. The summed E-state index contributed by atoms with van der Waals surface area (Å²) in [6.07, 6.45) is 3.37. The Balaban J connectivity index is 1.53. The van der Waals surface area contributed by atoms with Gasteiger partial charge in [-0.25, -0.2) is 13.4 Å². The van der Waals surface area contributed by atoms with Crippen LogP contribution >= 0.6 is 0 Å². The third-order valence-electron chi connectivity index (χ3n) is 6.56. The Morgan fingerprint density at radius 1 is 0.857 bits per heavy atom. The van der Waals surface area contributed by atoms with Gasteiger partial charge >= 0.3 is 0 Å². The highest BCUT2D eigenvalue weighted by Crippen LogP contribution is 2.29. The minimum absolute atomic E-state index is 0.0485. The van der Waals surface area contributed by atoms with Gasteiger partial charge in [0.05, 0.1) is 17.6 Å². The van der Waals surface area contributed by atoms with Gasteiger partial charge in [-0.3, -0.25) is 9.69 Å². The molecule has 1 fully saturated rings. The van der Waals surface area contributed by atoms with Crippen LogP contribution in [-0.2, 0) is 16.6 Å². The highest BCUT2D eigenvalue weighted by atomic mass is 32.2. The van der Waals surface area contributed by atoms with Crippen LogP contribution in [0.2, 0.25) is 0 Å². The number of hydrogen-bond acceptors (Lipinski definition) is 5.